The molecular weight excluding hydrogens is 291 g/mol. The van der Waals surface area contributed by atoms with E-state index < -0.39 is 11.9 Å². The predicted molar refractivity (Wildman–Crippen MR) is 80.9 cm³/mol. The van der Waals surface area contributed by atoms with Crippen LogP contribution in [0.1, 0.15) is 17.2 Å². The van der Waals surface area contributed by atoms with Gasteiger partial charge in [-0.25, -0.2) is 4.39 Å². The normalized spacial score (nSPS) is 17.1. The number of benzene rings is 2. The Hall–Kier alpha value is -1.91. The maximum atomic E-state index is 13.8. The topological polar surface area (TPSA) is 41.1 Å². The van der Waals surface area contributed by atoms with Crippen LogP contribution in [0.4, 0.5) is 10.1 Å². The Bertz CT molecular complexity index is 669. The van der Waals surface area contributed by atoms with Gasteiger partial charge < -0.3 is 10.6 Å². The van der Waals surface area contributed by atoms with Gasteiger partial charge >= 0.3 is 0 Å². The molecule has 1 amide bonds. The van der Waals surface area contributed by atoms with E-state index in [2.05, 4.69) is 10.6 Å². The van der Waals surface area contributed by atoms with Gasteiger partial charge in [-0.15, -0.1) is 0 Å². The summed E-state index contributed by atoms with van der Waals surface area (Å²) in [7, 11) is 0. The summed E-state index contributed by atoms with van der Waals surface area (Å²) in [6.45, 7) is 0.708. The van der Waals surface area contributed by atoms with Crippen LogP contribution in [0.5, 0.6) is 0 Å². The van der Waals surface area contributed by atoms with Crippen molar-refractivity contribution >= 4 is 23.2 Å². The first-order valence-electron chi connectivity index (χ1n) is 6.73. The van der Waals surface area contributed by atoms with Crippen molar-refractivity contribution in [3.05, 3.63) is 64.4 Å². The third-order valence-corrected chi connectivity index (χ3v) is 3.90. The van der Waals surface area contributed by atoms with E-state index in [0.29, 0.717) is 6.54 Å². The van der Waals surface area contributed by atoms with Crippen molar-refractivity contribution in [2.45, 2.75) is 12.5 Å². The van der Waals surface area contributed by atoms with Crippen LogP contribution in [0.25, 0.3) is 0 Å². The van der Waals surface area contributed by atoms with Crippen LogP contribution in [-0.4, -0.2) is 12.5 Å². The minimum atomic E-state index is -0.542. The van der Waals surface area contributed by atoms with Gasteiger partial charge in [0.1, 0.15) is 11.9 Å². The number of halogens is 2. The highest BCUT2D eigenvalue weighted by atomic mass is 35.5. The third kappa shape index (κ3) is 2.77. The molecule has 3 rings (SSSR count). The molecule has 2 aromatic rings. The number of nitrogens with one attached hydrogen (secondary N) is 2. The molecule has 5 heteroatoms. The summed E-state index contributed by atoms with van der Waals surface area (Å²) in [5.41, 5.74) is 2.08. The fraction of sp³-hybridized carbons (Fsp3) is 0.188. The monoisotopic (exact) mass is 304 g/mol. The molecule has 0 fully saturated rings. The molecule has 21 heavy (non-hydrogen) atoms. The molecule has 2 aromatic carbocycles. The standard InChI is InChI=1S/C16H14ClFN2O/c17-12-6-3-7-13(18)15(12)20-16(21)14-11-5-2-1-4-10(11)8-9-19-14/h1-7,14,19H,8-9H2,(H,20,21). The van der Waals surface area contributed by atoms with Crippen LogP contribution >= 0.6 is 11.6 Å². The molecule has 1 aliphatic rings. The molecule has 1 heterocycles. The average Bonchev–Trinajstić information content (AvgIpc) is 2.50. The largest absolute Gasteiger partial charge is 0.321 e. The van der Waals surface area contributed by atoms with Crippen LogP contribution < -0.4 is 10.6 Å². The summed E-state index contributed by atoms with van der Waals surface area (Å²) in [6, 6.07) is 11.6. The van der Waals surface area contributed by atoms with Gasteiger partial charge in [-0.05, 0) is 29.7 Å². The highest BCUT2D eigenvalue weighted by Gasteiger charge is 2.26. The Morgan fingerprint density at radius 3 is 2.86 bits per heavy atom. The second-order valence-corrected chi connectivity index (χ2v) is 5.33. The SMILES string of the molecule is O=C(Nc1c(F)cccc1Cl)C1NCCc2ccccc21. The number of amides is 1. The average molecular weight is 305 g/mol. The first kappa shape index (κ1) is 14.0. The molecule has 0 aliphatic carbocycles. The molecule has 0 spiro atoms. The Morgan fingerprint density at radius 1 is 1.24 bits per heavy atom. The lowest BCUT2D eigenvalue weighted by Gasteiger charge is -2.26. The predicted octanol–water partition coefficient (Wildman–Crippen LogP) is 3.30. The second kappa shape index (κ2) is 5.84. The van der Waals surface area contributed by atoms with Gasteiger partial charge in [-0.2, -0.15) is 0 Å². The van der Waals surface area contributed by atoms with Crippen LogP contribution in [0.2, 0.25) is 5.02 Å². The zero-order chi connectivity index (χ0) is 14.8. The number of anilines is 1. The molecule has 1 unspecified atom stereocenters. The first-order valence-corrected chi connectivity index (χ1v) is 7.10. The quantitative estimate of drug-likeness (QED) is 0.894. The molecule has 3 nitrogen and oxygen atoms in total. The number of hydrogen-bond donors (Lipinski definition) is 2. The van der Waals surface area contributed by atoms with E-state index in [-0.39, 0.29) is 16.6 Å². The van der Waals surface area contributed by atoms with E-state index in [0.717, 1.165) is 17.5 Å². The van der Waals surface area contributed by atoms with Crippen molar-refractivity contribution in [2.24, 2.45) is 0 Å². The van der Waals surface area contributed by atoms with E-state index in [1.165, 1.54) is 12.1 Å². The van der Waals surface area contributed by atoms with Crippen LogP contribution in [0.15, 0.2) is 42.5 Å². The van der Waals surface area contributed by atoms with Gasteiger partial charge in [0.25, 0.3) is 0 Å². The molecule has 108 valence electrons. The fourth-order valence-electron chi connectivity index (χ4n) is 2.55. The van der Waals surface area contributed by atoms with Gasteiger partial charge in [0, 0.05) is 6.54 Å². The molecule has 0 radical (unpaired) electrons. The molecule has 0 bridgehead atoms. The number of carbonyl (C=O) groups excluding carboxylic acids is 1. The summed E-state index contributed by atoms with van der Waals surface area (Å²) in [6.07, 6.45) is 0.875. The van der Waals surface area contributed by atoms with E-state index in [9.17, 15) is 9.18 Å². The maximum absolute atomic E-state index is 13.8. The molecule has 0 aromatic heterocycles. The summed E-state index contributed by atoms with van der Waals surface area (Å²) in [4.78, 5) is 12.4. The molecule has 0 saturated heterocycles. The zero-order valence-electron chi connectivity index (χ0n) is 11.2. The van der Waals surface area contributed by atoms with Crippen molar-refractivity contribution in [1.29, 1.82) is 0 Å². The van der Waals surface area contributed by atoms with Crippen LogP contribution in [0.3, 0.4) is 0 Å². The summed E-state index contributed by atoms with van der Waals surface area (Å²) in [5, 5.41) is 5.92. The van der Waals surface area contributed by atoms with Crippen LogP contribution in [-0.2, 0) is 11.2 Å². The van der Waals surface area contributed by atoms with Crippen molar-refractivity contribution in [3.8, 4) is 0 Å². The van der Waals surface area contributed by atoms with Gasteiger partial charge in [-0.1, -0.05) is 41.9 Å². The van der Waals surface area contributed by atoms with E-state index in [4.69, 9.17) is 11.6 Å². The van der Waals surface area contributed by atoms with Crippen molar-refractivity contribution in [1.82, 2.24) is 5.32 Å². The van der Waals surface area contributed by atoms with E-state index in [1.54, 1.807) is 6.07 Å². The minimum absolute atomic E-state index is 0.0222. The lowest BCUT2D eigenvalue weighted by Crippen LogP contribution is -2.38. The molecule has 1 atom stereocenters. The van der Waals surface area contributed by atoms with Gasteiger partial charge in [0.15, 0.2) is 0 Å². The van der Waals surface area contributed by atoms with Gasteiger partial charge in [-0.3, -0.25) is 4.79 Å². The van der Waals surface area contributed by atoms with Crippen molar-refractivity contribution in [2.75, 3.05) is 11.9 Å². The Labute approximate surface area is 127 Å². The van der Waals surface area contributed by atoms with Crippen molar-refractivity contribution in [3.63, 3.8) is 0 Å². The second-order valence-electron chi connectivity index (χ2n) is 4.92. The Morgan fingerprint density at radius 2 is 2.05 bits per heavy atom. The molecule has 0 saturated carbocycles. The summed E-state index contributed by atoms with van der Waals surface area (Å²) in [5.74, 6) is -0.853. The van der Waals surface area contributed by atoms with Crippen LogP contribution in [0, 0.1) is 5.82 Å². The maximum Gasteiger partial charge on any atom is 0.246 e. The molecule has 2 N–H and O–H groups in total. The number of carbonyl (C=O) groups is 1. The number of hydrogen-bond acceptors (Lipinski definition) is 2. The van der Waals surface area contributed by atoms with E-state index in [1.807, 2.05) is 24.3 Å². The number of rotatable bonds is 2. The van der Waals surface area contributed by atoms with Gasteiger partial charge in [0.2, 0.25) is 5.91 Å². The number of para-hydroxylation sites is 1. The van der Waals surface area contributed by atoms with Crippen molar-refractivity contribution < 1.29 is 9.18 Å². The smallest absolute Gasteiger partial charge is 0.246 e. The highest BCUT2D eigenvalue weighted by molar-refractivity contribution is 6.33. The fourth-order valence-corrected chi connectivity index (χ4v) is 2.76. The lowest BCUT2D eigenvalue weighted by molar-refractivity contribution is -0.118. The Kier molecular flexibility index (Phi) is 3.90. The zero-order valence-corrected chi connectivity index (χ0v) is 12.0. The van der Waals surface area contributed by atoms with E-state index >= 15 is 0 Å². The Balaban J connectivity index is 1.87. The number of fused-ring (bicyclic) bond motifs is 1. The third-order valence-electron chi connectivity index (χ3n) is 3.58. The molecule has 1 aliphatic heterocycles. The molecular formula is C16H14ClFN2O. The highest BCUT2D eigenvalue weighted by Crippen LogP contribution is 2.28. The first-order chi connectivity index (χ1) is 10.2. The lowest BCUT2D eigenvalue weighted by atomic mass is 9.94. The summed E-state index contributed by atoms with van der Waals surface area (Å²) >= 11 is 5.94. The minimum Gasteiger partial charge on any atom is -0.321 e. The van der Waals surface area contributed by atoms with Gasteiger partial charge in [0.05, 0.1) is 10.7 Å². The summed E-state index contributed by atoms with van der Waals surface area (Å²) < 4.78 is 13.8.